The molecule has 0 aliphatic heterocycles. The highest BCUT2D eigenvalue weighted by Crippen LogP contribution is 2.29. The molecule has 1 atom stereocenters. The van der Waals surface area contributed by atoms with Crippen LogP contribution in [0, 0.1) is 11.8 Å². The molecule has 1 heterocycles. The second-order valence-electron chi connectivity index (χ2n) is 6.16. The highest BCUT2D eigenvalue weighted by Gasteiger charge is 2.18. The van der Waals surface area contributed by atoms with Gasteiger partial charge in [0.15, 0.2) is 0 Å². The number of aromatic nitrogens is 2. The van der Waals surface area contributed by atoms with E-state index in [0.29, 0.717) is 12.0 Å². The zero-order valence-electron chi connectivity index (χ0n) is 11.8. The summed E-state index contributed by atoms with van der Waals surface area (Å²) in [5.74, 6) is 1.30. The maximum absolute atomic E-state index is 5.86. The molecule has 1 unspecified atom stereocenters. The minimum Gasteiger partial charge on any atom is -0.330 e. The van der Waals surface area contributed by atoms with Crippen LogP contribution in [0.25, 0.3) is 0 Å². The van der Waals surface area contributed by atoms with Gasteiger partial charge in [-0.15, -0.1) is 0 Å². The third-order valence-corrected chi connectivity index (χ3v) is 4.00. The molecule has 1 aliphatic rings. The van der Waals surface area contributed by atoms with E-state index in [1.165, 1.54) is 37.8 Å². The van der Waals surface area contributed by atoms with Crippen LogP contribution in [0.4, 0.5) is 0 Å². The Morgan fingerprint density at radius 2 is 2.11 bits per heavy atom. The molecule has 0 spiro atoms. The van der Waals surface area contributed by atoms with Gasteiger partial charge in [-0.1, -0.05) is 26.7 Å². The lowest BCUT2D eigenvalue weighted by molar-refractivity contribution is 0.405. The summed E-state index contributed by atoms with van der Waals surface area (Å²) >= 11 is 0. The van der Waals surface area contributed by atoms with Gasteiger partial charge in [0, 0.05) is 6.20 Å². The number of hydrogen-bond donors (Lipinski definition) is 1. The largest absolute Gasteiger partial charge is 0.330 e. The van der Waals surface area contributed by atoms with Crippen LogP contribution in [0.15, 0.2) is 12.3 Å². The average Bonchev–Trinajstić information content (AvgIpc) is 2.97. The van der Waals surface area contributed by atoms with E-state index in [0.717, 1.165) is 18.9 Å². The lowest BCUT2D eigenvalue weighted by Gasteiger charge is -2.15. The molecule has 18 heavy (non-hydrogen) atoms. The van der Waals surface area contributed by atoms with E-state index in [4.69, 9.17) is 10.8 Å². The summed E-state index contributed by atoms with van der Waals surface area (Å²) < 4.78 is 2.19. The summed E-state index contributed by atoms with van der Waals surface area (Å²) in [5, 5.41) is 4.75. The fourth-order valence-electron chi connectivity index (χ4n) is 3.08. The molecule has 2 rings (SSSR count). The Morgan fingerprint density at radius 1 is 1.39 bits per heavy atom. The number of hydrogen-bond acceptors (Lipinski definition) is 2. The number of rotatable bonds is 6. The van der Waals surface area contributed by atoms with Gasteiger partial charge in [0.2, 0.25) is 0 Å². The first-order chi connectivity index (χ1) is 8.69. The maximum atomic E-state index is 5.86. The third kappa shape index (κ3) is 3.58. The first-order valence-electron chi connectivity index (χ1n) is 7.43. The van der Waals surface area contributed by atoms with Gasteiger partial charge in [-0.25, -0.2) is 0 Å². The second kappa shape index (κ2) is 6.37. The van der Waals surface area contributed by atoms with Crippen LogP contribution in [0.3, 0.4) is 0 Å². The molecule has 102 valence electrons. The highest BCUT2D eigenvalue weighted by atomic mass is 15.3. The molecule has 0 aromatic carbocycles. The van der Waals surface area contributed by atoms with Crippen molar-refractivity contribution >= 4 is 0 Å². The Morgan fingerprint density at radius 3 is 2.72 bits per heavy atom. The summed E-state index contributed by atoms with van der Waals surface area (Å²) in [6.45, 7) is 5.30. The molecule has 1 fully saturated rings. The number of nitrogens with two attached hydrogens (primary N) is 1. The van der Waals surface area contributed by atoms with E-state index in [9.17, 15) is 0 Å². The van der Waals surface area contributed by atoms with E-state index >= 15 is 0 Å². The van der Waals surface area contributed by atoms with Gasteiger partial charge in [-0.3, -0.25) is 4.68 Å². The fraction of sp³-hybridized carbons (Fsp3) is 0.800. The molecular weight excluding hydrogens is 222 g/mol. The molecule has 1 aromatic rings. The molecule has 3 heteroatoms. The third-order valence-electron chi connectivity index (χ3n) is 4.00. The van der Waals surface area contributed by atoms with Crippen molar-refractivity contribution in [3.05, 3.63) is 18.0 Å². The van der Waals surface area contributed by atoms with E-state index in [-0.39, 0.29) is 0 Å². The SMILES string of the molecule is CC(C)CC(CN)Cc1ccn(C2CCCC2)n1. The lowest BCUT2D eigenvalue weighted by atomic mass is 9.93. The van der Waals surface area contributed by atoms with Crippen LogP contribution in [0.2, 0.25) is 0 Å². The van der Waals surface area contributed by atoms with Crippen LogP contribution < -0.4 is 5.73 Å². The Labute approximate surface area is 111 Å². The molecule has 0 amide bonds. The van der Waals surface area contributed by atoms with E-state index in [1.807, 2.05) is 0 Å². The highest BCUT2D eigenvalue weighted by molar-refractivity contribution is 5.01. The van der Waals surface area contributed by atoms with Crippen LogP contribution in [-0.2, 0) is 6.42 Å². The molecule has 0 bridgehead atoms. The van der Waals surface area contributed by atoms with E-state index < -0.39 is 0 Å². The van der Waals surface area contributed by atoms with Crippen molar-refractivity contribution < 1.29 is 0 Å². The smallest absolute Gasteiger partial charge is 0.0627 e. The quantitative estimate of drug-likeness (QED) is 0.841. The lowest BCUT2D eigenvalue weighted by Crippen LogP contribution is -2.19. The molecule has 3 nitrogen and oxygen atoms in total. The predicted octanol–water partition coefficient (Wildman–Crippen LogP) is 3.16. The molecule has 0 radical (unpaired) electrons. The molecule has 1 aromatic heterocycles. The minimum atomic E-state index is 0.580. The predicted molar refractivity (Wildman–Crippen MR) is 75.4 cm³/mol. The minimum absolute atomic E-state index is 0.580. The Bertz CT molecular complexity index is 350. The van der Waals surface area contributed by atoms with Crippen molar-refractivity contribution in [1.29, 1.82) is 0 Å². The summed E-state index contributed by atoms with van der Waals surface area (Å²) in [6.07, 6.45) is 9.72. The Hall–Kier alpha value is -0.830. The van der Waals surface area contributed by atoms with Crippen LogP contribution >= 0.6 is 0 Å². The maximum Gasteiger partial charge on any atom is 0.0627 e. The Kier molecular flexibility index (Phi) is 4.81. The van der Waals surface area contributed by atoms with Gasteiger partial charge in [0.1, 0.15) is 0 Å². The second-order valence-corrected chi connectivity index (χ2v) is 6.16. The van der Waals surface area contributed by atoms with Crippen LogP contribution in [-0.4, -0.2) is 16.3 Å². The first kappa shape index (κ1) is 13.6. The van der Waals surface area contributed by atoms with Gasteiger partial charge < -0.3 is 5.73 Å². The molecule has 1 aliphatic carbocycles. The van der Waals surface area contributed by atoms with Gasteiger partial charge in [0.25, 0.3) is 0 Å². The van der Waals surface area contributed by atoms with Gasteiger partial charge in [0.05, 0.1) is 11.7 Å². The summed E-state index contributed by atoms with van der Waals surface area (Å²) in [6, 6.07) is 2.83. The van der Waals surface area contributed by atoms with Gasteiger partial charge in [-0.05, 0) is 50.1 Å². The summed E-state index contributed by atoms with van der Waals surface area (Å²) in [5.41, 5.74) is 7.08. The normalized spacial score (nSPS) is 18.7. The van der Waals surface area contributed by atoms with E-state index in [2.05, 4.69) is 30.8 Å². The monoisotopic (exact) mass is 249 g/mol. The molecule has 2 N–H and O–H groups in total. The molecular formula is C15H27N3. The average molecular weight is 249 g/mol. The topological polar surface area (TPSA) is 43.8 Å². The van der Waals surface area contributed by atoms with Gasteiger partial charge >= 0.3 is 0 Å². The van der Waals surface area contributed by atoms with Crippen molar-refractivity contribution in [2.45, 2.75) is 58.4 Å². The van der Waals surface area contributed by atoms with Crippen molar-refractivity contribution in [2.75, 3.05) is 6.54 Å². The van der Waals surface area contributed by atoms with Crippen molar-refractivity contribution in [3.8, 4) is 0 Å². The summed E-state index contributed by atoms with van der Waals surface area (Å²) in [7, 11) is 0. The van der Waals surface area contributed by atoms with Crippen molar-refractivity contribution in [2.24, 2.45) is 17.6 Å². The van der Waals surface area contributed by atoms with Gasteiger partial charge in [-0.2, -0.15) is 5.10 Å². The zero-order chi connectivity index (χ0) is 13.0. The van der Waals surface area contributed by atoms with Crippen LogP contribution in [0.1, 0.15) is 57.7 Å². The standard InChI is InChI=1S/C15H27N3/c1-12(2)9-13(11-16)10-14-7-8-18(17-14)15-5-3-4-6-15/h7-8,12-13,15H,3-6,9-11,16H2,1-2H3. The van der Waals surface area contributed by atoms with E-state index in [1.54, 1.807) is 0 Å². The zero-order valence-corrected chi connectivity index (χ0v) is 11.8. The molecule has 0 saturated heterocycles. The Balaban J connectivity index is 1.92. The summed E-state index contributed by atoms with van der Waals surface area (Å²) in [4.78, 5) is 0. The van der Waals surface area contributed by atoms with Crippen LogP contribution in [0.5, 0.6) is 0 Å². The molecule has 1 saturated carbocycles. The van der Waals surface area contributed by atoms with Crippen molar-refractivity contribution in [3.63, 3.8) is 0 Å². The number of nitrogens with zero attached hydrogens (tertiary/aromatic N) is 2. The van der Waals surface area contributed by atoms with Crippen molar-refractivity contribution in [1.82, 2.24) is 9.78 Å². The first-order valence-corrected chi connectivity index (χ1v) is 7.43. The fourth-order valence-corrected chi connectivity index (χ4v) is 3.08.